The number of nitrogens with one attached hydrogen (secondary N) is 1. The van der Waals surface area contributed by atoms with Gasteiger partial charge in [-0.25, -0.2) is 0 Å². The van der Waals surface area contributed by atoms with E-state index in [1.54, 1.807) is 0 Å². The molecule has 3 heteroatoms. The first-order valence-electron chi connectivity index (χ1n) is 3.34. The topological polar surface area (TPSA) is 41.8 Å². The maximum atomic E-state index is 5.78. The van der Waals surface area contributed by atoms with Crippen LogP contribution in [0.4, 0.5) is 0 Å². The molecule has 0 saturated heterocycles. The predicted octanol–water partition coefficient (Wildman–Crippen LogP) is 2.19. The van der Waals surface area contributed by atoms with Crippen LogP contribution in [0.3, 0.4) is 0 Å². The van der Waals surface area contributed by atoms with Crippen LogP contribution in [0.15, 0.2) is 16.7 Å². The Bertz CT molecular complexity index is 207. The number of halogens is 1. The van der Waals surface area contributed by atoms with Gasteiger partial charge in [-0.1, -0.05) is 6.92 Å². The number of hydrogen-bond acceptors (Lipinski definition) is 1. The highest BCUT2D eigenvalue weighted by molar-refractivity contribution is 9.10. The quantitative estimate of drug-likeness (QED) is 0.759. The Morgan fingerprint density at radius 2 is 2.50 bits per heavy atom. The normalized spacial score (nSPS) is 13.5. The first-order chi connectivity index (χ1) is 4.75. The number of H-pyrrole nitrogens is 1. The van der Waals surface area contributed by atoms with E-state index in [1.807, 2.05) is 12.3 Å². The van der Waals surface area contributed by atoms with Crippen molar-refractivity contribution in [2.45, 2.75) is 19.4 Å². The molecule has 0 fully saturated rings. The maximum absolute atomic E-state index is 5.78. The molecule has 0 aliphatic carbocycles. The number of aromatic amines is 1. The van der Waals surface area contributed by atoms with Gasteiger partial charge >= 0.3 is 0 Å². The average Bonchev–Trinajstić information content (AvgIpc) is 2.34. The van der Waals surface area contributed by atoms with Gasteiger partial charge in [0.2, 0.25) is 0 Å². The maximum Gasteiger partial charge on any atom is 0.0461 e. The van der Waals surface area contributed by atoms with Crippen molar-refractivity contribution in [2.24, 2.45) is 5.73 Å². The molecule has 0 saturated carbocycles. The van der Waals surface area contributed by atoms with Crippen LogP contribution >= 0.6 is 15.9 Å². The lowest BCUT2D eigenvalue weighted by molar-refractivity contribution is 0.677. The lowest BCUT2D eigenvalue weighted by Crippen LogP contribution is -2.09. The summed E-state index contributed by atoms with van der Waals surface area (Å²) in [5, 5.41) is 0. The first kappa shape index (κ1) is 7.82. The molecule has 3 N–H and O–H groups in total. The molecule has 0 spiro atoms. The van der Waals surface area contributed by atoms with Crippen molar-refractivity contribution < 1.29 is 0 Å². The molecule has 2 nitrogen and oxygen atoms in total. The van der Waals surface area contributed by atoms with Crippen molar-refractivity contribution in [3.8, 4) is 0 Å². The Balaban J connectivity index is 2.82. The molecular weight excluding hydrogens is 192 g/mol. The fourth-order valence-electron chi connectivity index (χ4n) is 0.852. The van der Waals surface area contributed by atoms with Gasteiger partial charge < -0.3 is 10.7 Å². The standard InChI is InChI=1S/C7H11BrN2/c1-2-6(9)7-5(8)3-4-10-7/h3-4,6,10H,2,9H2,1H3/t6-/m0/s1. The van der Waals surface area contributed by atoms with Crippen LogP contribution in [-0.2, 0) is 0 Å². The monoisotopic (exact) mass is 202 g/mol. The van der Waals surface area contributed by atoms with Gasteiger partial charge in [-0.05, 0) is 28.4 Å². The predicted molar refractivity (Wildman–Crippen MR) is 45.7 cm³/mol. The van der Waals surface area contributed by atoms with Crippen LogP contribution in [0.1, 0.15) is 25.1 Å². The van der Waals surface area contributed by atoms with Gasteiger partial charge in [0, 0.05) is 22.4 Å². The number of hydrogen-bond donors (Lipinski definition) is 2. The Kier molecular flexibility index (Phi) is 2.51. The van der Waals surface area contributed by atoms with Crippen LogP contribution < -0.4 is 5.73 Å². The zero-order valence-electron chi connectivity index (χ0n) is 5.89. The van der Waals surface area contributed by atoms with Crippen molar-refractivity contribution in [1.82, 2.24) is 4.98 Å². The number of nitrogens with two attached hydrogens (primary N) is 1. The molecule has 56 valence electrons. The smallest absolute Gasteiger partial charge is 0.0461 e. The van der Waals surface area contributed by atoms with Gasteiger partial charge in [0.1, 0.15) is 0 Å². The number of rotatable bonds is 2. The summed E-state index contributed by atoms with van der Waals surface area (Å²) in [6.07, 6.45) is 2.84. The molecule has 0 aliphatic heterocycles. The second-order valence-corrected chi connectivity index (χ2v) is 3.11. The molecule has 0 amide bonds. The van der Waals surface area contributed by atoms with Crippen LogP contribution in [-0.4, -0.2) is 4.98 Å². The van der Waals surface area contributed by atoms with E-state index < -0.39 is 0 Å². The summed E-state index contributed by atoms with van der Waals surface area (Å²) in [5.74, 6) is 0. The molecule has 1 aromatic heterocycles. The third-order valence-corrected chi connectivity index (χ3v) is 2.23. The van der Waals surface area contributed by atoms with Gasteiger partial charge in [-0.15, -0.1) is 0 Å². The largest absolute Gasteiger partial charge is 0.363 e. The van der Waals surface area contributed by atoms with Gasteiger partial charge in [-0.3, -0.25) is 0 Å². The summed E-state index contributed by atoms with van der Waals surface area (Å²) in [7, 11) is 0. The summed E-state index contributed by atoms with van der Waals surface area (Å²) in [6, 6.07) is 2.09. The molecule has 0 radical (unpaired) electrons. The van der Waals surface area contributed by atoms with E-state index in [1.165, 1.54) is 0 Å². The van der Waals surface area contributed by atoms with Crippen molar-refractivity contribution >= 4 is 15.9 Å². The Hall–Kier alpha value is -0.280. The molecule has 0 aliphatic rings. The van der Waals surface area contributed by atoms with E-state index in [2.05, 4.69) is 27.8 Å². The zero-order valence-corrected chi connectivity index (χ0v) is 7.48. The Morgan fingerprint density at radius 1 is 1.80 bits per heavy atom. The molecule has 1 rings (SSSR count). The Morgan fingerprint density at radius 3 is 2.90 bits per heavy atom. The van der Waals surface area contributed by atoms with Gasteiger partial charge in [0.25, 0.3) is 0 Å². The van der Waals surface area contributed by atoms with E-state index in [4.69, 9.17) is 5.73 Å². The summed E-state index contributed by atoms with van der Waals surface area (Å²) in [6.45, 7) is 2.07. The molecule has 1 aromatic rings. The molecule has 0 bridgehead atoms. The van der Waals surface area contributed by atoms with Gasteiger partial charge in [0.15, 0.2) is 0 Å². The second kappa shape index (κ2) is 3.21. The van der Waals surface area contributed by atoms with Crippen molar-refractivity contribution in [2.75, 3.05) is 0 Å². The highest BCUT2D eigenvalue weighted by Gasteiger charge is 2.06. The average molecular weight is 203 g/mol. The first-order valence-corrected chi connectivity index (χ1v) is 4.13. The summed E-state index contributed by atoms with van der Waals surface area (Å²) in [4.78, 5) is 3.08. The van der Waals surface area contributed by atoms with Crippen molar-refractivity contribution in [1.29, 1.82) is 0 Å². The lowest BCUT2D eigenvalue weighted by atomic mass is 10.2. The third-order valence-electron chi connectivity index (χ3n) is 1.54. The summed E-state index contributed by atoms with van der Waals surface area (Å²) >= 11 is 3.40. The molecule has 0 unspecified atom stereocenters. The molecule has 1 heterocycles. The summed E-state index contributed by atoms with van der Waals surface area (Å²) in [5.41, 5.74) is 6.86. The molecular formula is C7H11BrN2. The van der Waals surface area contributed by atoms with Crippen molar-refractivity contribution in [3.63, 3.8) is 0 Å². The second-order valence-electron chi connectivity index (χ2n) is 2.25. The van der Waals surface area contributed by atoms with E-state index in [0.29, 0.717) is 0 Å². The van der Waals surface area contributed by atoms with Crippen LogP contribution in [0.5, 0.6) is 0 Å². The molecule has 10 heavy (non-hydrogen) atoms. The molecule has 1 atom stereocenters. The Labute approximate surface area is 68.9 Å². The van der Waals surface area contributed by atoms with Gasteiger partial charge in [0.05, 0.1) is 0 Å². The molecule has 0 aromatic carbocycles. The third kappa shape index (κ3) is 1.41. The van der Waals surface area contributed by atoms with E-state index >= 15 is 0 Å². The highest BCUT2D eigenvalue weighted by Crippen LogP contribution is 2.21. The summed E-state index contributed by atoms with van der Waals surface area (Å²) < 4.78 is 1.07. The van der Waals surface area contributed by atoms with E-state index in [0.717, 1.165) is 16.6 Å². The van der Waals surface area contributed by atoms with Crippen molar-refractivity contribution in [3.05, 3.63) is 22.4 Å². The van der Waals surface area contributed by atoms with Crippen LogP contribution in [0, 0.1) is 0 Å². The SMILES string of the molecule is CC[C@H](N)c1[nH]ccc1Br. The highest BCUT2D eigenvalue weighted by atomic mass is 79.9. The van der Waals surface area contributed by atoms with Crippen LogP contribution in [0.25, 0.3) is 0 Å². The minimum Gasteiger partial charge on any atom is -0.363 e. The van der Waals surface area contributed by atoms with E-state index in [-0.39, 0.29) is 6.04 Å². The lowest BCUT2D eigenvalue weighted by Gasteiger charge is -2.05. The fourth-order valence-corrected chi connectivity index (χ4v) is 1.39. The number of aromatic nitrogens is 1. The minimum atomic E-state index is 0.129. The van der Waals surface area contributed by atoms with E-state index in [9.17, 15) is 0 Å². The van der Waals surface area contributed by atoms with Gasteiger partial charge in [-0.2, -0.15) is 0 Å². The minimum absolute atomic E-state index is 0.129. The van der Waals surface area contributed by atoms with Crippen LogP contribution in [0.2, 0.25) is 0 Å². The fraction of sp³-hybridized carbons (Fsp3) is 0.429. The zero-order chi connectivity index (χ0) is 7.56.